The van der Waals surface area contributed by atoms with Gasteiger partial charge in [-0.05, 0) is 69.1 Å². The van der Waals surface area contributed by atoms with Gasteiger partial charge in [0.25, 0.3) is 0 Å². The second-order valence-electron chi connectivity index (χ2n) is 9.11. The van der Waals surface area contributed by atoms with Crippen LogP contribution in [0.25, 0.3) is 0 Å². The predicted molar refractivity (Wildman–Crippen MR) is 92.4 cm³/mol. The van der Waals surface area contributed by atoms with E-state index in [2.05, 4.69) is 10.2 Å². The Kier molecular flexibility index (Phi) is 4.00. The quantitative estimate of drug-likeness (QED) is 0.844. The topological polar surface area (TPSA) is 52.7 Å². The first-order chi connectivity index (χ1) is 11.4. The summed E-state index contributed by atoms with van der Waals surface area (Å²) in [5, 5.41) is 3.06. The van der Waals surface area contributed by atoms with E-state index in [1.54, 1.807) is 19.0 Å². The van der Waals surface area contributed by atoms with E-state index in [4.69, 9.17) is 0 Å². The van der Waals surface area contributed by atoms with Crippen LogP contribution in [0, 0.1) is 23.2 Å². The van der Waals surface area contributed by atoms with E-state index >= 15 is 0 Å². The third kappa shape index (κ3) is 2.80. The molecular weight excluding hydrogens is 302 g/mol. The molecule has 0 aromatic heterocycles. The molecule has 5 aliphatic rings. The maximum atomic E-state index is 13.3. The van der Waals surface area contributed by atoms with Gasteiger partial charge in [0.2, 0.25) is 5.91 Å². The Balaban J connectivity index is 1.36. The largest absolute Gasteiger partial charge is 0.342 e. The van der Waals surface area contributed by atoms with Crippen LogP contribution in [0.2, 0.25) is 0 Å². The van der Waals surface area contributed by atoms with Crippen molar-refractivity contribution >= 4 is 11.9 Å². The number of carbonyl (C=O) groups excluding carboxylic acids is 2. The Morgan fingerprint density at radius 3 is 1.92 bits per heavy atom. The molecule has 5 rings (SSSR count). The van der Waals surface area contributed by atoms with Crippen molar-refractivity contribution in [2.75, 3.05) is 27.2 Å². The number of piperidine rings is 1. The van der Waals surface area contributed by atoms with Crippen molar-refractivity contribution in [2.24, 2.45) is 23.2 Å². The average Bonchev–Trinajstić information content (AvgIpc) is 2.53. The van der Waals surface area contributed by atoms with Gasteiger partial charge in [-0.15, -0.1) is 0 Å². The van der Waals surface area contributed by atoms with Crippen molar-refractivity contribution in [1.29, 1.82) is 0 Å². The minimum atomic E-state index is -0.0270. The zero-order valence-corrected chi connectivity index (χ0v) is 15.1. The molecule has 0 radical (unpaired) electrons. The molecule has 134 valence electrons. The summed E-state index contributed by atoms with van der Waals surface area (Å²) >= 11 is 0. The lowest BCUT2D eigenvalue weighted by Crippen LogP contribution is -2.57. The molecule has 1 saturated heterocycles. The number of nitrogens with one attached hydrogen (secondary N) is 1. The van der Waals surface area contributed by atoms with Crippen LogP contribution in [-0.4, -0.2) is 55.0 Å². The fraction of sp³-hybridized carbons (Fsp3) is 0.895. The van der Waals surface area contributed by atoms with Crippen LogP contribution in [0.5, 0.6) is 0 Å². The van der Waals surface area contributed by atoms with Crippen LogP contribution in [0.4, 0.5) is 4.79 Å². The third-order valence-corrected chi connectivity index (χ3v) is 7.01. The number of nitrogens with zero attached hydrogens (tertiary/aromatic N) is 2. The highest BCUT2D eigenvalue weighted by atomic mass is 16.2. The Morgan fingerprint density at radius 1 is 0.958 bits per heavy atom. The number of urea groups is 1. The van der Waals surface area contributed by atoms with Crippen molar-refractivity contribution in [1.82, 2.24) is 15.1 Å². The summed E-state index contributed by atoms with van der Waals surface area (Å²) in [4.78, 5) is 28.8. The number of amides is 3. The van der Waals surface area contributed by atoms with Crippen LogP contribution in [0.1, 0.15) is 51.4 Å². The fourth-order valence-electron chi connectivity index (χ4n) is 6.24. The minimum Gasteiger partial charge on any atom is -0.342 e. The van der Waals surface area contributed by atoms with Gasteiger partial charge in [-0.1, -0.05) is 0 Å². The molecule has 4 saturated carbocycles. The molecule has 4 aliphatic carbocycles. The van der Waals surface area contributed by atoms with Gasteiger partial charge in [0.15, 0.2) is 0 Å². The monoisotopic (exact) mass is 333 g/mol. The van der Waals surface area contributed by atoms with Gasteiger partial charge < -0.3 is 15.1 Å². The van der Waals surface area contributed by atoms with Crippen molar-refractivity contribution < 1.29 is 9.59 Å². The normalized spacial score (nSPS) is 38.2. The predicted octanol–water partition coefficient (Wildman–Crippen LogP) is 2.46. The van der Waals surface area contributed by atoms with Crippen molar-refractivity contribution in [3.05, 3.63) is 0 Å². The second kappa shape index (κ2) is 5.92. The van der Waals surface area contributed by atoms with Gasteiger partial charge in [-0.25, -0.2) is 4.79 Å². The molecule has 1 N–H and O–H groups in total. The highest BCUT2D eigenvalue weighted by Crippen LogP contribution is 2.60. The zero-order valence-electron chi connectivity index (χ0n) is 15.1. The SMILES string of the molecule is CN(C)C(=O)NC1CCN(C(=O)C23CC4CC(CC(C4)C2)C3)CC1. The summed E-state index contributed by atoms with van der Waals surface area (Å²) in [6, 6.07) is 0.182. The number of likely N-dealkylation sites (tertiary alicyclic amines) is 1. The molecule has 4 bridgehead atoms. The smallest absolute Gasteiger partial charge is 0.317 e. The summed E-state index contributed by atoms with van der Waals surface area (Å²) in [5.41, 5.74) is -0.0194. The van der Waals surface area contributed by atoms with Crippen molar-refractivity contribution in [2.45, 2.75) is 57.4 Å². The van der Waals surface area contributed by atoms with Gasteiger partial charge in [-0.2, -0.15) is 0 Å². The molecular formula is C19H31N3O2. The molecule has 24 heavy (non-hydrogen) atoms. The Bertz CT molecular complexity index is 487. The zero-order chi connectivity index (χ0) is 16.9. The lowest BCUT2D eigenvalue weighted by molar-refractivity contribution is -0.158. The molecule has 0 atom stereocenters. The van der Waals surface area contributed by atoms with Crippen LogP contribution in [0.15, 0.2) is 0 Å². The molecule has 1 aliphatic heterocycles. The van der Waals surface area contributed by atoms with E-state index in [1.165, 1.54) is 19.3 Å². The van der Waals surface area contributed by atoms with Gasteiger partial charge >= 0.3 is 6.03 Å². The minimum absolute atomic E-state index is 0.0194. The van der Waals surface area contributed by atoms with Crippen molar-refractivity contribution in [3.8, 4) is 0 Å². The molecule has 3 amide bonds. The highest BCUT2D eigenvalue weighted by Gasteiger charge is 2.55. The van der Waals surface area contributed by atoms with Gasteiger partial charge in [0.05, 0.1) is 5.41 Å². The number of rotatable bonds is 2. The summed E-state index contributed by atoms with van der Waals surface area (Å²) < 4.78 is 0. The first kappa shape index (κ1) is 16.2. The summed E-state index contributed by atoms with van der Waals surface area (Å²) in [6.45, 7) is 1.61. The van der Waals surface area contributed by atoms with Crippen molar-refractivity contribution in [3.63, 3.8) is 0 Å². The lowest BCUT2D eigenvalue weighted by Gasteiger charge is -2.57. The van der Waals surface area contributed by atoms with Crippen LogP contribution in [-0.2, 0) is 4.79 Å². The van der Waals surface area contributed by atoms with Gasteiger partial charge in [0.1, 0.15) is 0 Å². The third-order valence-electron chi connectivity index (χ3n) is 7.01. The second-order valence-corrected chi connectivity index (χ2v) is 9.11. The van der Waals surface area contributed by atoms with E-state index in [0.717, 1.165) is 62.9 Å². The molecule has 0 spiro atoms. The molecule has 1 heterocycles. The van der Waals surface area contributed by atoms with E-state index in [-0.39, 0.29) is 17.5 Å². The van der Waals surface area contributed by atoms with Gasteiger partial charge in [-0.3, -0.25) is 4.79 Å². The molecule has 5 heteroatoms. The molecule has 0 aromatic rings. The van der Waals surface area contributed by atoms with Crippen LogP contribution >= 0.6 is 0 Å². The maximum Gasteiger partial charge on any atom is 0.317 e. The average molecular weight is 333 g/mol. The summed E-state index contributed by atoms with van der Waals surface area (Å²) in [6.07, 6.45) is 9.36. The summed E-state index contributed by atoms with van der Waals surface area (Å²) in [7, 11) is 3.53. The lowest BCUT2D eigenvalue weighted by atomic mass is 9.49. The summed E-state index contributed by atoms with van der Waals surface area (Å²) in [5.74, 6) is 2.89. The van der Waals surface area contributed by atoms with Crippen LogP contribution in [0.3, 0.4) is 0 Å². The van der Waals surface area contributed by atoms with E-state index in [1.807, 2.05) is 0 Å². The molecule has 5 nitrogen and oxygen atoms in total. The van der Waals surface area contributed by atoms with E-state index in [0.29, 0.717) is 5.91 Å². The van der Waals surface area contributed by atoms with Crippen LogP contribution < -0.4 is 5.32 Å². The van der Waals surface area contributed by atoms with E-state index < -0.39 is 0 Å². The Labute approximate surface area is 145 Å². The molecule has 0 aromatic carbocycles. The first-order valence-electron chi connectivity index (χ1n) is 9.72. The Morgan fingerprint density at radius 2 is 1.46 bits per heavy atom. The van der Waals surface area contributed by atoms with Gasteiger partial charge in [0, 0.05) is 33.2 Å². The van der Waals surface area contributed by atoms with E-state index in [9.17, 15) is 9.59 Å². The highest BCUT2D eigenvalue weighted by molar-refractivity contribution is 5.83. The first-order valence-corrected chi connectivity index (χ1v) is 9.72. The fourth-order valence-corrected chi connectivity index (χ4v) is 6.24. The number of hydrogen-bond acceptors (Lipinski definition) is 2. The number of hydrogen-bond donors (Lipinski definition) is 1. The molecule has 5 fully saturated rings. The maximum absolute atomic E-state index is 13.3. The number of carbonyl (C=O) groups is 2. The standard InChI is InChI=1S/C19H31N3O2/c1-21(2)18(24)20-16-3-5-22(6-4-16)17(23)19-10-13-7-14(11-19)9-15(8-13)12-19/h13-16H,3-12H2,1-2H3,(H,20,24). The molecule has 0 unspecified atom stereocenters. The Hall–Kier alpha value is -1.26.